The van der Waals surface area contributed by atoms with Gasteiger partial charge < -0.3 is 14.6 Å². The second-order valence-electron chi connectivity index (χ2n) is 5.42. The number of imidazole rings is 1. The maximum absolute atomic E-state index is 12.6. The zero-order valence-corrected chi connectivity index (χ0v) is 13.4. The highest BCUT2D eigenvalue weighted by atomic mass is 16.5. The number of carbonyl (C=O) groups is 2. The zero-order valence-electron chi connectivity index (χ0n) is 13.4. The van der Waals surface area contributed by atoms with E-state index in [4.69, 9.17) is 4.74 Å². The van der Waals surface area contributed by atoms with Crippen LogP contribution in [0.15, 0.2) is 55.0 Å². The molecule has 1 atom stereocenters. The molecule has 1 aromatic heterocycles. The summed E-state index contributed by atoms with van der Waals surface area (Å²) in [4.78, 5) is 28.6. The number of esters is 1. The molecule has 0 saturated carbocycles. The number of hydrogen-bond donors (Lipinski definition) is 1. The van der Waals surface area contributed by atoms with Crippen LogP contribution in [0.2, 0.25) is 0 Å². The Morgan fingerprint density at radius 1 is 1.17 bits per heavy atom. The Morgan fingerprint density at radius 3 is 2.58 bits per heavy atom. The van der Waals surface area contributed by atoms with Gasteiger partial charge in [-0.05, 0) is 22.9 Å². The van der Waals surface area contributed by atoms with Crippen molar-refractivity contribution in [1.82, 2.24) is 14.9 Å². The molecule has 1 amide bonds. The lowest BCUT2D eigenvalue weighted by molar-refractivity contribution is -0.143. The van der Waals surface area contributed by atoms with Crippen LogP contribution in [0.4, 0.5) is 0 Å². The van der Waals surface area contributed by atoms with Crippen LogP contribution in [-0.2, 0) is 16.6 Å². The number of carbonyl (C=O) groups excluding carboxylic acids is 2. The molecule has 0 bridgehead atoms. The summed E-state index contributed by atoms with van der Waals surface area (Å²) >= 11 is 0. The van der Waals surface area contributed by atoms with Gasteiger partial charge in [-0.25, -0.2) is 9.78 Å². The van der Waals surface area contributed by atoms with Crippen molar-refractivity contribution in [3.05, 3.63) is 66.2 Å². The highest BCUT2D eigenvalue weighted by Gasteiger charge is 2.26. The van der Waals surface area contributed by atoms with Crippen LogP contribution in [-0.4, -0.2) is 28.5 Å². The van der Waals surface area contributed by atoms with E-state index in [1.54, 1.807) is 30.1 Å². The third-order valence-corrected chi connectivity index (χ3v) is 3.87. The van der Waals surface area contributed by atoms with E-state index in [1.165, 1.54) is 13.3 Å². The van der Waals surface area contributed by atoms with Gasteiger partial charge in [0.15, 0.2) is 6.04 Å². The van der Waals surface area contributed by atoms with Crippen LogP contribution in [0.1, 0.15) is 22.1 Å². The predicted octanol–water partition coefficient (Wildman–Crippen LogP) is 2.22. The second-order valence-corrected chi connectivity index (χ2v) is 5.42. The molecule has 0 aliphatic heterocycles. The molecule has 1 heterocycles. The first-order chi connectivity index (χ1) is 11.6. The number of aromatic nitrogens is 2. The molecule has 2 aromatic carbocycles. The van der Waals surface area contributed by atoms with Crippen LogP contribution in [0.5, 0.6) is 0 Å². The number of amides is 1. The molecule has 24 heavy (non-hydrogen) atoms. The van der Waals surface area contributed by atoms with E-state index in [2.05, 4.69) is 10.3 Å². The maximum Gasteiger partial charge on any atom is 0.334 e. The lowest BCUT2D eigenvalue weighted by Crippen LogP contribution is -2.35. The van der Waals surface area contributed by atoms with Crippen molar-refractivity contribution in [3.63, 3.8) is 0 Å². The van der Waals surface area contributed by atoms with Crippen molar-refractivity contribution in [2.75, 3.05) is 7.11 Å². The number of ether oxygens (including phenoxy) is 1. The molecule has 0 radical (unpaired) electrons. The summed E-state index contributed by atoms with van der Waals surface area (Å²) in [6.45, 7) is 0. The third-order valence-electron chi connectivity index (χ3n) is 3.87. The summed E-state index contributed by atoms with van der Waals surface area (Å²) in [6, 6.07) is 12.3. The predicted molar refractivity (Wildman–Crippen MR) is 89.4 cm³/mol. The number of nitrogens with one attached hydrogen (secondary N) is 1. The van der Waals surface area contributed by atoms with Gasteiger partial charge in [0.1, 0.15) is 0 Å². The molecule has 0 fully saturated rings. The minimum atomic E-state index is -0.915. The summed E-state index contributed by atoms with van der Waals surface area (Å²) in [6.07, 6.45) is 3.09. The number of aryl methyl sites for hydroxylation is 1. The Kier molecular flexibility index (Phi) is 4.29. The molecule has 0 aliphatic carbocycles. The number of fused-ring (bicyclic) bond motifs is 1. The standard InChI is InChI=1S/C18H17N3O3/c1-21-11-19-10-15(21)16(18(23)24-2)20-17(22)14-8-7-12-5-3-4-6-13(12)9-14/h3-11,16H,1-2H3,(H,20,22). The monoisotopic (exact) mass is 323 g/mol. The highest BCUT2D eigenvalue weighted by molar-refractivity contribution is 6.00. The van der Waals surface area contributed by atoms with E-state index in [1.807, 2.05) is 30.3 Å². The molecule has 122 valence electrons. The normalized spacial score (nSPS) is 11.9. The molecule has 1 unspecified atom stereocenters. The lowest BCUT2D eigenvalue weighted by atomic mass is 10.1. The van der Waals surface area contributed by atoms with E-state index >= 15 is 0 Å². The maximum atomic E-state index is 12.6. The largest absolute Gasteiger partial charge is 0.467 e. The van der Waals surface area contributed by atoms with E-state index in [0.29, 0.717) is 11.3 Å². The fraction of sp³-hybridized carbons (Fsp3) is 0.167. The van der Waals surface area contributed by atoms with E-state index in [-0.39, 0.29) is 5.91 Å². The fourth-order valence-corrected chi connectivity index (χ4v) is 2.56. The molecule has 0 spiro atoms. The smallest absolute Gasteiger partial charge is 0.334 e. The van der Waals surface area contributed by atoms with Crippen LogP contribution in [0.25, 0.3) is 10.8 Å². The summed E-state index contributed by atoms with van der Waals surface area (Å²) < 4.78 is 6.47. The van der Waals surface area contributed by atoms with Crippen molar-refractivity contribution >= 4 is 22.6 Å². The average molecular weight is 323 g/mol. The van der Waals surface area contributed by atoms with E-state index in [9.17, 15) is 9.59 Å². The molecule has 6 nitrogen and oxygen atoms in total. The van der Waals surface area contributed by atoms with E-state index < -0.39 is 12.0 Å². The minimum absolute atomic E-state index is 0.350. The van der Waals surface area contributed by atoms with Crippen molar-refractivity contribution in [1.29, 1.82) is 0 Å². The van der Waals surface area contributed by atoms with Gasteiger partial charge in [0, 0.05) is 12.6 Å². The fourth-order valence-electron chi connectivity index (χ4n) is 2.56. The van der Waals surface area contributed by atoms with Gasteiger partial charge in [0.05, 0.1) is 25.3 Å². The molecule has 6 heteroatoms. The Morgan fingerprint density at radius 2 is 1.92 bits per heavy atom. The number of benzene rings is 2. The Bertz CT molecular complexity index is 901. The van der Waals surface area contributed by atoms with Gasteiger partial charge in [-0.15, -0.1) is 0 Å². The molecule has 0 aliphatic rings. The number of rotatable bonds is 4. The topological polar surface area (TPSA) is 73.2 Å². The van der Waals surface area contributed by atoms with Crippen LogP contribution in [0.3, 0.4) is 0 Å². The quantitative estimate of drug-likeness (QED) is 0.747. The summed E-state index contributed by atoms with van der Waals surface area (Å²) in [5, 5.41) is 4.72. The molecular formula is C18H17N3O3. The van der Waals surface area contributed by atoms with Crippen LogP contribution in [0, 0.1) is 0 Å². The first-order valence-electron chi connectivity index (χ1n) is 7.44. The molecule has 3 aromatic rings. The molecular weight excluding hydrogens is 306 g/mol. The Balaban J connectivity index is 1.89. The van der Waals surface area contributed by atoms with Crippen molar-refractivity contribution in [2.45, 2.75) is 6.04 Å². The summed E-state index contributed by atoms with van der Waals surface area (Å²) in [5.74, 6) is -0.898. The van der Waals surface area contributed by atoms with Gasteiger partial charge in [0.25, 0.3) is 5.91 Å². The van der Waals surface area contributed by atoms with Crippen molar-refractivity contribution in [3.8, 4) is 0 Å². The van der Waals surface area contributed by atoms with Gasteiger partial charge in [-0.1, -0.05) is 30.3 Å². The average Bonchev–Trinajstić information content (AvgIpc) is 3.04. The van der Waals surface area contributed by atoms with E-state index in [0.717, 1.165) is 10.8 Å². The van der Waals surface area contributed by atoms with Crippen molar-refractivity contribution < 1.29 is 14.3 Å². The number of hydrogen-bond acceptors (Lipinski definition) is 4. The minimum Gasteiger partial charge on any atom is -0.467 e. The van der Waals surface area contributed by atoms with Crippen LogP contribution >= 0.6 is 0 Å². The lowest BCUT2D eigenvalue weighted by Gasteiger charge is -2.17. The molecule has 1 N–H and O–H groups in total. The molecule has 0 saturated heterocycles. The third kappa shape index (κ3) is 2.99. The van der Waals surface area contributed by atoms with Gasteiger partial charge in [0.2, 0.25) is 0 Å². The van der Waals surface area contributed by atoms with Gasteiger partial charge >= 0.3 is 5.97 Å². The molecule has 3 rings (SSSR count). The Labute approximate surface area is 139 Å². The summed E-state index contributed by atoms with van der Waals surface area (Å²) in [7, 11) is 3.04. The number of methoxy groups -OCH3 is 1. The first-order valence-corrected chi connectivity index (χ1v) is 7.44. The highest BCUT2D eigenvalue weighted by Crippen LogP contribution is 2.18. The zero-order chi connectivity index (χ0) is 17.1. The number of nitrogens with zero attached hydrogens (tertiary/aromatic N) is 2. The second kappa shape index (κ2) is 6.54. The Hall–Kier alpha value is -3.15. The van der Waals surface area contributed by atoms with Crippen molar-refractivity contribution in [2.24, 2.45) is 7.05 Å². The van der Waals surface area contributed by atoms with Crippen LogP contribution < -0.4 is 5.32 Å². The SMILES string of the molecule is COC(=O)C(NC(=O)c1ccc2ccccc2c1)c1cncn1C. The summed E-state index contributed by atoms with van der Waals surface area (Å²) in [5.41, 5.74) is 1.03. The van der Waals surface area contributed by atoms with Gasteiger partial charge in [-0.2, -0.15) is 0 Å². The first kappa shape index (κ1) is 15.7. The van der Waals surface area contributed by atoms with Gasteiger partial charge in [-0.3, -0.25) is 4.79 Å².